The van der Waals surface area contributed by atoms with E-state index in [2.05, 4.69) is 5.32 Å². The molecule has 0 radical (unpaired) electrons. The molecule has 1 N–H and O–H groups in total. The molecule has 0 rings (SSSR count). The summed E-state index contributed by atoms with van der Waals surface area (Å²) in [6, 6.07) is -0.821. The van der Waals surface area contributed by atoms with Crippen LogP contribution in [0, 0.1) is 5.92 Å². The van der Waals surface area contributed by atoms with E-state index in [0.717, 1.165) is 0 Å². The summed E-state index contributed by atoms with van der Waals surface area (Å²) in [6.07, 6.45) is -1.10. The van der Waals surface area contributed by atoms with E-state index < -0.39 is 37.3 Å². The van der Waals surface area contributed by atoms with Crippen LogP contribution in [0.3, 0.4) is 0 Å². The second-order valence-corrected chi connectivity index (χ2v) is 8.24. The summed E-state index contributed by atoms with van der Waals surface area (Å²) < 4.78 is 26.6. The number of carbonyl (C=O) groups excluding carboxylic acids is 2. The Morgan fingerprint density at radius 1 is 1.14 bits per heavy atom. The van der Waals surface area contributed by atoms with E-state index in [1.165, 1.54) is 14.2 Å². The number of amides is 1. The zero-order valence-corrected chi connectivity index (χ0v) is 14.7. The van der Waals surface area contributed by atoms with E-state index >= 15 is 0 Å². The van der Waals surface area contributed by atoms with Crippen molar-refractivity contribution in [2.24, 2.45) is 5.92 Å². The van der Waals surface area contributed by atoms with Gasteiger partial charge in [-0.15, -0.1) is 0 Å². The summed E-state index contributed by atoms with van der Waals surface area (Å²) in [7, 11) is -1.03. The molecule has 0 saturated carbocycles. The molecule has 1 atom stereocenters. The standard InChI is InChI=1S/C13H26NO6P/c1-9(2)11(14-12(16)20-13(3,4)5)10(15)8-21(17,18-6)19-7/h9,11H,8H2,1-7H3,(H,14,16)/t11-/m1/s1. The van der Waals surface area contributed by atoms with Crippen molar-refractivity contribution in [3.8, 4) is 0 Å². The van der Waals surface area contributed by atoms with Gasteiger partial charge in [-0.25, -0.2) is 4.79 Å². The molecule has 0 saturated heterocycles. The number of ether oxygens (including phenoxy) is 1. The van der Waals surface area contributed by atoms with Crippen molar-refractivity contribution in [1.82, 2.24) is 5.32 Å². The zero-order valence-electron chi connectivity index (χ0n) is 13.8. The van der Waals surface area contributed by atoms with Crippen LogP contribution >= 0.6 is 7.60 Å². The van der Waals surface area contributed by atoms with Crippen LogP contribution in [0.5, 0.6) is 0 Å². The van der Waals surface area contributed by atoms with E-state index in [4.69, 9.17) is 13.8 Å². The van der Waals surface area contributed by atoms with E-state index in [1.807, 2.05) is 0 Å². The van der Waals surface area contributed by atoms with E-state index in [1.54, 1.807) is 34.6 Å². The lowest BCUT2D eigenvalue weighted by Crippen LogP contribution is -2.47. The van der Waals surface area contributed by atoms with Crippen molar-refractivity contribution in [3.05, 3.63) is 0 Å². The highest BCUT2D eigenvalue weighted by Gasteiger charge is 2.33. The monoisotopic (exact) mass is 323 g/mol. The smallest absolute Gasteiger partial charge is 0.408 e. The largest absolute Gasteiger partial charge is 0.444 e. The molecule has 0 aliphatic rings. The van der Waals surface area contributed by atoms with Crippen LogP contribution in [0.2, 0.25) is 0 Å². The molecule has 0 aromatic heterocycles. The van der Waals surface area contributed by atoms with Crippen LogP contribution in [-0.4, -0.2) is 43.9 Å². The molecule has 0 aromatic carbocycles. The maximum atomic E-state index is 12.2. The topological polar surface area (TPSA) is 90.9 Å². The van der Waals surface area contributed by atoms with Crippen LogP contribution in [0.4, 0.5) is 4.79 Å². The van der Waals surface area contributed by atoms with Gasteiger partial charge in [0.1, 0.15) is 11.8 Å². The Labute approximate surface area is 126 Å². The molecule has 0 fully saturated rings. The number of rotatable bonds is 7. The third-order valence-electron chi connectivity index (χ3n) is 2.59. The van der Waals surface area contributed by atoms with Crippen molar-refractivity contribution < 1.29 is 27.9 Å². The molecule has 124 valence electrons. The van der Waals surface area contributed by atoms with Crippen molar-refractivity contribution in [2.45, 2.75) is 46.3 Å². The summed E-state index contributed by atoms with van der Waals surface area (Å²) in [4.78, 5) is 24.0. The Kier molecular flexibility index (Phi) is 7.57. The van der Waals surface area contributed by atoms with Gasteiger partial charge in [0.25, 0.3) is 0 Å². The lowest BCUT2D eigenvalue weighted by molar-refractivity contribution is -0.119. The van der Waals surface area contributed by atoms with E-state index in [9.17, 15) is 14.2 Å². The molecular weight excluding hydrogens is 297 g/mol. The zero-order chi connectivity index (χ0) is 16.8. The number of hydrogen-bond donors (Lipinski definition) is 1. The number of ketones is 1. The van der Waals surface area contributed by atoms with E-state index in [-0.39, 0.29) is 5.92 Å². The minimum atomic E-state index is -3.46. The van der Waals surface area contributed by atoms with Crippen LogP contribution in [0.25, 0.3) is 0 Å². The van der Waals surface area contributed by atoms with Crippen molar-refractivity contribution >= 4 is 19.5 Å². The summed E-state index contributed by atoms with van der Waals surface area (Å²) in [5, 5.41) is 2.50. The fraction of sp³-hybridized carbons (Fsp3) is 0.846. The van der Waals surface area contributed by atoms with E-state index in [0.29, 0.717) is 0 Å². The number of carbonyl (C=O) groups is 2. The highest BCUT2D eigenvalue weighted by molar-refractivity contribution is 7.54. The van der Waals surface area contributed by atoms with Crippen LogP contribution in [-0.2, 0) is 23.1 Å². The lowest BCUT2D eigenvalue weighted by Gasteiger charge is -2.25. The van der Waals surface area contributed by atoms with Crippen LogP contribution in [0.1, 0.15) is 34.6 Å². The summed E-state index contributed by atoms with van der Waals surface area (Å²) >= 11 is 0. The fourth-order valence-electron chi connectivity index (χ4n) is 1.55. The predicted octanol–water partition coefficient (Wildman–Crippen LogP) is 2.59. The summed E-state index contributed by atoms with van der Waals surface area (Å²) in [6.45, 7) is 8.71. The van der Waals surface area contributed by atoms with Crippen LogP contribution < -0.4 is 5.32 Å². The van der Waals surface area contributed by atoms with Gasteiger partial charge >= 0.3 is 13.7 Å². The molecule has 0 bridgehead atoms. The maximum absolute atomic E-state index is 12.2. The summed E-state index contributed by atoms with van der Waals surface area (Å²) in [5.41, 5.74) is -0.664. The third kappa shape index (κ3) is 7.60. The molecule has 8 heteroatoms. The van der Waals surface area contributed by atoms with Crippen molar-refractivity contribution in [3.63, 3.8) is 0 Å². The normalized spacial score (nSPS) is 13.9. The second-order valence-electron chi connectivity index (χ2n) is 5.97. The molecule has 0 unspecified atom stereocenters. The second kappa shape index (κ2) is 7.92. The number of Topliss-reactive ketones (excluding diaryl/α,β-unsaturated/α-hetero) is 1. The van der Waals surface area contributed by atoms with Gasteiger partial charge < -0.3 is 19.1 Å². The first-order chi connectivity index (χ1) is 9.44. The van der Waals surface area contributed by atoms with Gasteiger partial charge in [0, 0.05) is 14.2 Å². The first-order valence-corrected chi connectivity index (χ1v) is 8.39. The molecule has 0 aliphatic carbocycles. The maximum Gasteiger partial charge on any atom is 0.408 e. The minimum absolute atomic E-state index is 0.188. The Bertz CT molecular complexity index is 407. The van der Waals surface area contributed by atoms with Gasteiger partial charge in [-0.05, 0) is 26.7 Å². The molecule has 1 amide bonds. The molecule has 21 heavy (non-hydrogen) atoms. The Balaban J connectivity index is 4.88. The first-order valence-electron chi connectivity index (χ1n) is 6.67. The van der Waals surface area contributed by atoms with Crippen molar-refractivity contribution in [1.29, 1.82) is 0 Å². The van der Waals surface area contributed by atoms with Gasteiger partial charge in [-0.1, -0.05) is 13.8 Å². The Morgan fingerprint density at radius 3 is 1.95 bits per heavy atom. The SMILES string of the molecule is COP(=O)(CC(=O)[C@H](NC(=O)OC(C)(C)C)C(C)C)OC. The van der Waals surface area contributed by atoms with Gasteiger partial charge in [-0.3, -0.25) is 9.36 Å². The molecule has 0 aliphatic heterocycles. The molecule has 0 heterocycles. The first kappa shape index (κ1) is 20.1. The lowest BCUT2D eigenvalue weighted by atomic mass is 10.0. The molecule has 0 spiro atoms. The summed E-state index contributed by atoms with van der Waals surface area (Å²) in [5.74, 6) is -0.616. The average molecular weight is 323 g/mol. The minimum Gasteiger partial charge on any atom is -0.444 e. The van der Waals surface area contributed by atoms with Gasteiger partial charge in [-0.2, -0.15) is 0 Å². The number of alkyl carbamates (subject to hydrolysis) is 1. The van der Waals surface area contributed by atoms with Gasteiger partial charge in [0.15, 0.2) is 5.78 Å². The highest BCUT2D eigenvalue weighted by atomic mass is 31.2. The molecule has 7 nitrogen and oxygen atoms in total. The average Bonchev–Trinajstić information content (AvgIpc) is 2.33. The van der Waals surface area contributed by atoms with Gasteiger partial charge in [0.05, 0.1) is 6.04 Å². The molecule has 0 aromatic rings. The number of nitrogens with one attached hydrogen (secondary N) is 1. The third-order valence-corrected chi connectivity index (χ3v) is 4.40. The number of hydrogen-bond acceptors (Lipinski definition) is 6. The quantitative estimate of drug-likeness (QED) is 0.724. The predicted molar refractivity (Wildman–Crippen MR) is 79.5 cm³/mol. The van der Waals surface area contributed by atoms with Gasteiger partial charge in [0.2, 0.25) is 0 Å². The van der Waals surface area contributed by atoms with Crippen molar-refractivity contribution in [2.75, 3.05) is 20.4 Å². The van der Waals surface area contributed by atoms with Crippen LogP contribution in [0.15, 0.2) is 0 Å². The Morgan fingerprint density at radius 2 is 1.62 bits per heavy atom. The highest BCUT2D eigenvalue weighted by Crippen LogP contribution is 2.46. The fourth-order valence-corrected chi connectivity index (χ4v) is 2.53. The molecular formula is C13H26NO6P. The Hall–Kier alpha value is -0.910.